The van der Waals surface area contributed by atoms with Crippen LogP contribution in [0.4, 0.5) is 0 Å². The van der Waals surface area contributed by atoms with Crippen molar-refractivity contribution in [2.45, 2.75) is 45.7 Å². The molecule has 1 amide bonds. The lowest BCUT2D eigenvalue weighted by Crippen LogP contribution is -2.49. The fraction of sp³-hybridized carbons (Fsp3) is 0.714. The van der Waals surface area contributed by atoms with Crippen molar-refractivity contribution in [1.29, 1.82) is 0 Å². The minimum atomic E-state index is 0. The average molecular weight is 334 g/mol. The van der Waals surface area contributed by atoms with Gasteiger partial charge in [-0.15, -0.1) is 12.4 Å². The van der Waals surface area contributed by atoms with Gasteiger partial charge in [-0.05, 0) is 25.7 Å². The summed E-state index contributed by atoms with van der Waals surface area (Å²) in [6, 6.07) is 0.159. The van der Waals surface area contributed by atoms with Gasteiger partial charge in [-0.2, -0.15) is 0 Å². The summed E-state index contributed by atoms with van der Waals surface area (Å²) >= 11 is 1.19. The Morgan fingerprint density at radius 1 is 1.52 bits per heavy atom. The van der Waals surface area contributed by atoms with Gasteiger partial charge >= 0.3 is 4.87 Å². The summed E-state index contributed by atoms with van der Waals surface area (Å²) in [7, 11) is 0. The van der Waals surface area contributed by atoms with Crippen molar-refractivity contribution in [3.8, 4) is 0 Å². The predicted molar refractivity (Wildman–Crippen MR) is 88.1 cm³/mol. The molecule has 1 aliphatic rings. The molecule has 0 bridgehead atoms. The van der Waals surface area contributed by atoms with E-state index in [4.69, 9.17) is 5.73 Å². The second-order valence-corrected chi connectivity index (χ2v) is 6.47. The molecule has 1 aromatic heterocycles. The molecule has 5 nitrogen and oxygen atoms in total. The monoisotopic (exact) mass is 333 g/mol. The number of nitrogens with two attached hydrogens (primary N) is 1. The molecule has 1 aliphatic heterocycles. The third-order valence-electron chi connectivity index (χ3n) is 4.10. The van der Waals surface area contributed by atoms with Gasteiger partial charge in [0.05, 0.1) is 0 Å². The van der Waals surface area contributed by atoms with Crippen molar-refractivity contribution in [2.75, 3.05) is 13.1 Å². The number of carbonyl (C=O) groups excluding carboxylic acids is 1. The minimum absolute atomic E-state index is 0. The van der Waals surface area contributed by atoms with E-state index in [-0.39, 0.29) is 29.2 Å². The smallest absolute Gasteiger partial charge is 0.307 e. The number of hydrogen-bond donors (Lipinski definition) is 1. The number of aromatic nitrogens is 1. The van der Waals surface area contributed by atoms with Crippen LogP contribution in [0.2, 0.25) is 0 Å². The maximum absolute atomic E-state index is 12.4. The number of likely N-dealkylation sites (tertiary alicyclic amines) is 1. The molecule has 2 N–H and O–H groups in total. The Balaban J connectivity index is 0.00000220. The third kappa shape index (κ3) is 4.31. The molecule has 0 aromatic carbocycles. The number of amides is 1. The van der Waals surface area contributed by atoms with Gasteiger partial charge in [-0.3, -0.25) is 9.59 Å². The summed E-state index contributed by atoms with van der Waals surface area (Å²) in [6.45, 7) is 5.88. The normalized spacial score (nSPS) is 22.0. The Kier molecular flexibility index (Phi) is 6.90. The highest BCUT2D eigenvalue weighted by Gasteiger charge is 2.28. The zero-order chi connectivity index (χ0) is 14.7. The van der Waals surface area contributed by atoms with Crippen LogP contribution in [-0.4, -0.2) is 34.5 Å². The van der Waals surface area contributed by atoms with Crippen LogP contribution < -0.4 is 10.6 Å². The van der Waals surface area contributed by atoms with E-state index in [0.29, 0.717) is 25.4 Å². The van der Waals surface area contributed by atoms with E-state index in [2.05, 4.69) is 6.92 Å². The molecule has 2 rings (SSSR count). The Bertz CT molecular complexity index is 529. The maximum Gasteiger partial charge on any atom is 0.307 e. The molecule has 0 saturated carbocycles. The summed E-state index contributed by atoms with van der Waals surface area (Å²) in [5.74, 6) is 0.749. The first-order valence-electron chi connectivity index (χ1n) is 7.17. The van der Waals surface area contributed by atoms with Gasteiger partial charge in [-0.1, -0.05) is 18.3 Å². The van der Waals surface area contributed by atoms with Gasteiger partial charge in [0.2, 0.25) is 5.91 Å². The van der Waals surface area contributed by atoms with E-state index in [1.807, 2.05) is 17.2 Å². The largest absolute Gasteiger partial charge is 0.338 e. The Morgan fingerprint density at radius 3 is 2.81 bits per heavy atom. The summed E-state index contributed by atoms with van der Waals surface area (Å²) in [6.07, 6.45) is 2.40. The lowest BCUT2D eigenvalue weighted by molar-refractivity contribution is -0.135. The van der Waals surface area contributed by atoms with Crippen molar-refractivity contribution >= 4 is 29.7 Å². The zero-order valence-corrected chi connectivity index (χ0v) is 14.2. The topological polar surface area (TPSA) is 68.3 Å². The number of carbonyl (C=O) groups is 1. The minimum Gasteiger partial charge on any atom is -0.338 e. The molecule has 1 fully saturated rings. The highest BCUT2D eigenvalue weighted by Crippen LogP contribution is 2.22. The molecule has 7 heteroatoms. The van der Waals surface area contributed by atoms with Crippen LogP contribution in [0.3, 0.4) is 0 Å². The van der Waals surface area contributed by atoms with Crippen molar-refractivity contribution in [1.82, 2.24) is 9.47 Å². The first-order chi connectivity index (χ1) is 9.52. The van der Waals surface area contributed by atoms with Crippen molar-refractivity contribution in [3.05, 3.63) is 20.7 Å². The van der Waals surface area contributed by atoms with Gasteiger partial charge in [0.15, 0.2) is 0 Å². The van der Waals surface area contributed by atoms with E-state index < -0.39 is 0 Å². The molecule has 21 heavy (non-hydrogen) atoms. The van der Waals surface area contributed by atoms with Gasteiger partial charge < -0.3 is 15.2 Å². The molecular formula is C14H24ClN3O2S. The van der Waals surface area contributed by atoms with Crippen LogP contribution in [0, 0.1) is 12.8 Å². The molecule has 0 radical (unpaired) electrons. The van der Waals surface area contributed by atoms with Gasteiger partial charge in [0.25, 0.3) is 0 Å². The maximum atomic E-state index is 12.4. The standard InChI is InChI=1S/C14H23N3O2S.ClH/c1-10-3-5-17(12(7-10)8-15)13(18)4-6-16-11(2)9-20-14(16)19;/h9-10,12H,3-8,15H2,1-2H3;1H. The lowest BCUT2D eigenvalue weighted by atomic mass is 9.92. The van der Waals surface area contributed by atoms with E-state index in [9.17, 15) is 9.59 Å². The zero-order valence-electron chi connectivity index (χ0n) is 12.6. The summed E-state index contributed by atoms with van der Waals surface area (Å²) in [4.78, 5) is 25.9. The SMILES string of the molecule is Cc1csc(=O)n1CCC(=O)N1CCC(C)CC1CN.Cl. The predicted octanol–water partition coefficient (Wildman–Crippen LogP) is 1.62. The number of hydrogen-bond acceptors (Lipinski definition) is 4. The van der Waals surface area contributed by atoms with E-state index in [1.165, 1.54) is 11.3 Å². The molecule has 120 valence electrons. The molecule has 0 spiro atoms. The highest BCUT2D eigenvalue weighted by atomic mass is 35.5. The first kappa shape index (κ1) is 18.2. The number of piperidine rings is 1. The lowest BCUT2D eigenvalue weighted by Gasteiger charge is -2.38. The second kappa shape index (κ2) is 7.96. The molecule has 1 aromatic rings. The number of nitrogens with zero attached hydrogens (tertiary/aromatic N) is 2. The fourth-order valence-electron chi connectivity index (χ4n) is 2.83. The second-order valence-electron chi connectivity index (χ2n) is 5.65. The molecular weight excluding hydrogens is 310 g/mol. The Morgan fingerprint density at radius 2 is 2.24 bits per heavy atom. The number of halogens is 1. The van der Waals surface area contributed by atoms with E-state index in [0.717, 1.165) is 25.1 Å². The van der Waals surface area contributed by atoms with Crippen LogP contribution in [0.15, 0.2) is 10.2 Å². The average Bonchev–Trinajstić information content (AvgIpc) is 2.75. The highest BCUT2D eigenvalue weighted by molar-refractivity contribution is 7.07. The van der Waals surface area contributed by atoms with Gasteiger partial charge in [-0.25, -0.2) is 0 Å². The van der Waals surface area contributed by atoms with Crippen LogP contribution >= 0.6 is 23.7 Å². The quantitative estimate of drug-likeness (QED) is 0.910. The van der Waals surface area contributed by atoms with Crippen molar-refractivity contribution < 1.29 is 4.79 Å². The van der Waals surface area contributed by atoms with Crippen LogP contribution in [0.25, 0.3) is 0 Å². The number of aryl methyl sites for hydroxylation is 1. The molecule has 0 aliphatic carbocycles. The first-order valence-corrected chi connectivity index (χ1v) is 8.05. The van der Waals surface area contributed by atoms with E-state index >= 15 is 0 Å². The number of thiazole rings is 1. The molecule has 2 unspecified atom stereocenters. The van der Waals surface area contributed by atoms with Crippen LogP contribution in [-0.2, 0) is 11.3 Å². The third-order valence-corrected chi connectivity index (χ3v) is 4.98. The van der Waals surface area contributed by atoms with Crippen LogP contribution in [0.5, 0.6) is 0 Å². The summed E-state index contributed by atoms with van der Waals surface area (Å²) in [5.41, 5.74) is 6.71. The fourth-order valence-corrected chi connectivity index (χ4v) is 3.59. The summed E-state index contributed by atoms with van der Waals surface area (Å²) in [5, 5.41) is 1.83. The van der Waals surface area contributed by atoms with Gasteiger partial charge in [0, 0.05) is 43.2 Å². The summed E-state index contributed by atoms with van der Waals surface area (Å²) < 4.78 is 1.67. The molecule has 2 atom stereocenters. The Labute approximate surface area is 135 Å². The van der Waals surface area contributed by atoms with Crippen molar-refractivity contribution in [2.24, 2.45) is 11.7 Å². The molecule has 1 saturated heterocycles. The number of rotatable bonds is 4. The van der Waals surface area contributed by atoms with Crippen LogP contribution in [0.1, 0.15) is 31.9 Å². The Hall–Kier alpha value is -0.850. The van der Waals surface area contributed by atoms with E-state index in [1.54, 1.807) is 4.57 Å². The van der Waals surface area contributed by atoms with Gasteiger partial charge in [0.1, 0.15) is 0 Å². The van der Waals surface area contributed by atoms with Crippen molar-refractivity contribution in [3.63, 3.8) is 0 Å². The molecule has 2 heterocycles.